The lowest BCUT2D eigenvalue weighted by molar-refractivity contribution is -0.298. The van der Waals surface area contributed by atoms with Crippen LogP contribution in [0.25, 0.3) is 6.08 Å². The third kappa shape index (κ3) is 3.85. The Hall–Kier alpha value is -2.00. The molecule has 1 aromatic heterocycles. The summed E-state index contributed by atoms with van der Waals surface area (Å²) < 4.78 is 1.46. The molecule has 8 heteroatoms. The molecular weight excluding hydrogens is 361 g/mol. The molecule has 2 aromatic rings. The molecule has 0 amide bonds. The molecule has 0 aliphatic heterocycles. The molecular formula is C15H9Cl3N3O2-. The Bertz CT molecular complexity index is 850. The highest BCUT2D eigenvalue weighted by molar-refractivity contribution is 6.35. The lowest BCUT2D eigenvalue weighted by Crippen LogP contribution is -2.23. The van der Waals surface area contributed by atoms with Crippen molar-refractivity contribution in [3.05, 3.63) is 55.8 Å². The maximum Gasteiger partial charge on any atom is 0.134 e. The van der Waals surface area contributed by atoms with Crippen LogP contribution < -0.4 is 5.11 Å². The number of hydrogen-bond acceptors (Lipinski definition) is 4. The van der Waals surface area contributed by atoms with E-state index in [4.69, 9.17) is 40.1 Å². The first-order valence-corrected chi connectivity index (χ1v) is 7.47. The van der Waals surface area contributed by atoms with Gasteiger partial charge in [-0.2, -0.15) is 10.4 Å². The zero-order valence-corrected chi connectivity index (χ0v) is 14.1. The van der Waals surface area contributed by atoms with E-state index >= 15 is 0 Å². The van der Waals surface area contributed by atoms with Crippen LogP contribution in [0.2, 0.25) is 15.2 Å². The predicted molar refractivity (Wildman–Crippen MR) is 86.1 cm³/mol. The molecule has 0 aliphatic carbocycles. The maximum atomic E-state index is 10.8. The van der Waals surface area contributed by atoms with Crippen LogP contribution >= 0.6 is 34.8 Å². The van der Waals surface area contributed by atoms with Crippen LogP contribution in [-0.2, 0) is 11.3 Å². The van der Waals surface area contributed by atoms with E-state index < -0.39 is 11.5 Å². The zero-order valence-electron chi connectivity index (χ0n) is 11.8. The van der Waals surface area contributed by atoms with Crippen LogP contribution in [0, 0.1) is 18.3 Å². The minimum atomic E-state index is -1.57. The van der Waals surface area contributed by atoms with Gasteiger partial charge in [-0.3, -0.25) is 0 Å². The summed E-state index contributed by atoms with van der Waals surface area (Å²) in [4.78, 5) is 10.8. The Morgan fingerprint density at radius 1 is 1.43 bits per heavy atom. The monoisotopic (exact) mass is 368 g/mol. The van der Waals surface area contributed by atoms with Gasteiger partial charge in [-0.25, -0.2) is 4.68 Å². The average Bonchev–Trinajstić information content (AvgIpc) is 2.74. The number of nitrogens with zero attached hydrogens (tertiary/aromatic N) is 3. The first-order valence-electron chi connectivity index (χ1n) is 6.33. The van der Waals surface area contributed by atoms with Crippen LogP contribution in [0.4, 0.5) is 0 Å². The number of hydrogen-bond donors (Lipinski definition) is 0. The summed E-state index contributed by atoms with van der Waals surface area (Å²) in [5.41, 5.74) is 1.04. The fourth-order valence-electron chi connectivity index (χ4n) is 1.93. The van der Waals surface area contributed by atoms with Crippen LogP contribution in [0.3, 0.4) is 0 Å². The van der Waals surface area contributed by atoms with Crippen molar-refractivity contribution >= 4 is 46.8 Å². The van der Waals surface area contributed by atoms with Crippen molar-refractivity contribution in [3.63, 3.8) is 0 Å². The van der Waals surface area contributed by atoms with Gasteiger partial charge < -0.3 is 9.90 Å². The molecule has 0 N–H and O–H groups in total. The third-order valence-corrected chi connectivity index (χ3v) is 4.06. The molecule has 1 heterocycles. The van der Waals surface area contributed by atoms with Gasteiger partial charge in [0, 0.05) is 15.6 Å². The Labute approximate surface area is 147 Å². The van der Waals surface area contributed by atoms with Gasteiger partial charge in [-0.1, -0.05) is 40.9 Å². The van der Waals surface area contributed by atoms with Gasteiger partial charge in [-0.15, -0.1) is 0 Å². The highest BCUT2D eigenvalue weighted by atomic mass is 35.5. The smallest absolute Gasteiger partial charge is 0.134 e. The number of aliphatic carboxylic acids is 1. The number of carboxylic acids is 1. The molecule has 0 spiro atoms. The van der Waals surface area contributed by atoms with E-state index in [0.29, 0.717) is 21.3 Å². The summed E-state index contributed by atoms with van der Waals surface area (Å²) in [7, 11) is 0. The van der Waals surface area contributed by atoms with Crippen molar-refractivity contribution in [1.82, 2.24) is 9.78 Å². The molecule has 1 aromatic carbocycles. The Morgan fingerprint density at radius 2 is 2.13 bits per heavy atom. The lowest BCUT2D eigenvalue weighted by Gasteiger charge is -2.06. The van der Waals surface area contributed by atoms with Gasteiger partial charge in [0.05, 0.1) is 23.8 Å². The molecule has 118 valence electrons. The molecule has 2 rings (SSSR count). The van der Waals surface area contributed by atoms with Gasteiger partial charge >= 0.3 is 0 Å². The van der Waals surface area contributed by atoms with Crippen LogP contribution in [0.5, 0.6) is 0 Å². The van der Waals surface area contributed by atoms with Gasteiger partial charge in [0.15, 0.2) is 0 Å². The van der Waals surface area contributed by atoms with Crippen molar-refractivity contribution in [2.75, 3.05) is 0 Å². The standard InChI is InChI=1S/C15H10Cl3N3O2/c1-8-12(4-10(6-19)15(22)23)14(18)21(20-8)7-9-2-3-11(16)5-13(9)17/h2-5H,7H2,1H3,(H,22,23)/p-1/b10-4+. The topological polar surface area (TPSA) is 81.7 Å². The fourth-order valence-corrected chi connectivity index (χ4v) is 2.69. The second-order valence-electron chi connectivity index (χ2n) is 4.64. The Kier molecular flexibility index (Phi) is 5.32. The van der Waals surface area contributed by atoms with E-state index in [1.165, 1.54) is 4.68 Å². The maximum absolute atomic E-state index is 10.8. The number of carbonyl (C=O) groups is 1. The van der Waals surface area contributed by atoms with E-state index in [2.05, 4.69) is 5.10 Å². The summed E-state index contributed by atoms with van der Waals surface area (Å²) in [6.45, 7) is 1.93. The van der Waals surface area contributed by atoms with E-state index in [9.17, 15) is 9.90 Å². The Morgan fingerprint density at radius 3 is 2.70 bits per heavy atom. The number of rotatable bonds is 4. The number of aromatic nitrogens is 2. The van der Waals surface area contributed by atoms with Gasteiger partial charge in [0.25, 0.3) is 0 Å². The van der Waals surface area contributed by atoms with E-state index in [1.54, 1.807) is 31.2 Å². The number of nitriles is 1. The Balaban J connectivity index is 2.42. The summed E-state index contributed by atoms with van der Waals surface area (Å²) >= 11 is 18.2. The number of benzene rings is 1. The van der Waals surface area contributed by atoms with Gasteiger partial charge in [0.1, 0.15) is 11.2 Å². The van der Waals surface area contributed by atoms with Crippen molar-refractivity contribution in [1.29, 1.82) is 5.26 Å². The number of carbonyl (C=O) groups excluding carboxylic acids is 1. The number of halogens is 3. The minimum absolute atomic E-state index is 0.197. The molecule has 5 nitrogen and oxygen atoms in total. The van der Waals surface area contributed by atoms with Crippen molar-refractivity contribution < 1.29 is 9.90 Å². The van der Waals surface area contributed by atoms with Crippen molar-refractivity contribution in [2.45, 2.75) is 13.5 Å². The second kappa shape index (κ2) is 7.05. The van der Waals surface area contributed by atoms with E-state index in [-0.39, 0.29) is 11.7 Å². The largest absolute Gasteiger partial charge is 0.544 e. The minimum Gasteiger partial charge on any atom is -0.544 e. The molecule has 0 fully saturated rings. The quantitative estimate of drug-likeness (QED) is 0.613. The molecule has 0 bridgehead atoms. The highest BCUT2D eigenvalue weighted by Crippen LogP contribution is 2.26. The number of carboxylic acid groups (broad SMARTS) is 1. The first kappa shape index (κ1) is 17.4. The van der Waals surface area contributed by atoms with Crippen molar-refractivity contribution in [2.24, 2.45) is 0 Å². The average molecular weight is 370 g/mol. The molecule has 0 aliphatic rings. The SMILES string of the molecule is Cc1nn(Cc2ccc(Cl)cc2Cl)c(Cl)c1/C=C(\C#N)C(=O)[O-]. The fraction of sp³-hybridized carbons (Fsp3) is 0.133. The molecule has 0 saturated carbocycles. The zero-order chi connectivity index (χ0) is 17.1. The second-order valence-corrected chi connectivity index (χ2v) is 5.84. The molecule has 23 heavy (non-hydrogen) atoms. The van der Waals surface area contributed by atoms with Crippen LogP contribution in [0.1, 0.15) is 16.8 Å². The molecule has 0 saturated heterocycles. The van der Waals surface area contributed by atoms with Gasteiger partial charge in [0.2, 0.25) is 0 Å². The summed E-state index contributed by atoms with van der Waals surface area (Å²) in [5.74, 6) is -1.57. The lowest BCUT2D eigenvalue weighted by atomic mass is 10.1. The highest BCUT2D eigenvalue weighted by Gasteiger charge is 2.14. The molecule has 0 unspecified atom stereocenters. The normalized spacial score (nSPS) is 11.3. The first-order chi connectivity index (χ1) is 10.8. The number of aryl methyl sites for hydroxylation is 1. The summed E-state index contributed by atoms with van der Waals surface area (Å²) in [6, 6.07) is 6.59. The molecule has 0 atom stereocenters. The summed E-state index contributed by atoms with van der Waals surface area (Å²) in [5, 5.41) is 25.0. The predicted octanol–water partition coefficient (Wildman–Crippen LogP) is 2.86. The summed E-state index contributed by atoms with van der Waals surface area (Å²) in [6.07, 6.45) is 1.14. The van der Waals surface area contributed by atoms with E-state index in [0.717, 1.165) is 11.6 Å². The van der Waals surface area contributed by atoms with Crippen LogP contribution in [-0.4, -0.2) is 15.7 Å². The van der Waals surface area contributed by atoms with Crippen LogP contribution in [0.15, 0.2) is 23.8 Å². The van der Waals surface area contributed by atoms with E-state index in [1.807, 2.05) is 0 Å². The molecule has 0 radical (unpaired) electrons. The van der Waals surface area contributed by atoms with Crippen molar-refractivity contribution in [3.8, 4) is 6.07 Å². The third-order valence-electron chi connectivity index (χ3n) is 3.07. The van der Waals surface area contributed by atoms with Gasteiger partial charge in [-0.05, 0) is 30.7 Å².